The quantitative estimate of drug-likeness (QED) is 0.0261. The van der Waals surface area contributed by atoms with E-state index in [0.29, 0.717) is 19.3 Å². The molecule has 0 aromatic carbocycles. The highest BCUT2D eigenvalue weighted by Crippen LogP contribution is 2.16. The summed E-state index contributed by atoms with van der Waals surface area (Å²) < 4.78 is 16.9. The van der Waals surface area contributed by atoms with Gasteiger partial charge in [-0.3, -0.25) is 14.4 Å². The van der Waals surface area contributed by atoms with Gasteiger partial charge in [0, 0.05) is 19.3 Å². The van der Waals surface area contributed by atoms with E-state index in [2.05, 4.69) is 106 Å². The highest BCUT2D eigenvalue weighted by molar-refractivity contribution is 5.71. The van der Waals surface area contributed by atoms with E-state index in [1.807, 2.05) is 0 Å². The standard InChI is InChI=1S/C70H122O6/c1-4-7-10-13-16-19-22-25-28-30-32-34-35-37-38-40-42-45-48-51-54-57-60-63-69(72)75-66-67(65-74-68(71)62-59-56-53-50-47-44-27-24-21-18-15-12-9-6-3)76-70(73)64-61-58-55-52-49-46-43-41-39-36-33-31-29-26-23-20-17-14-11-8-5-2/h7,10,16,19,25,28,31-34,37-38,42,45,67H,4-6,8-9,11-15,17-18,20-24,26-27,29-30,35-36,39-41,43-44,46-66H2,1-3H3/b10-7-,19-16-,28-25-,33-31-,34-32-,38-37-,45-42-. The van der Waals surface area contributed by atoms with Crippen LogP contribution < -0.4 is 0 Å². The first kappa shape index (κ1) is 72.6. The van der Waals surface area contributed by atoms with E-state index in [1.165, 1.54) is 173 Å². The van der Waals surface area contributed by atoms with Crippen LogP contribution in [0, 0.1) is 0 Å². The Bertz CT molecular complexity index is 1450. The van der Waals surface area contributed by atoms with Crippen molar-refractivity contribution in [2.45, 2.75) is 329 Å². The summed E-state index contributed by atoms with van der Waals surface area (Å²) in [6, 6.07) is 0. The van der Waals surface area contributed by atoms with Crippen LogP contribution in [-0.2, 0) is 28.6 Å². The Morgan fingerprint density at radius 1 is 0.276 bits per heavy atom. The van der Waals surface area contributed by atoms with Crippen LogP contribution >= 0.6 is 0 Å². The number of unbranched alkanes of at least 4 members (excludes halogenated alkanes) is 34. The van der Waals surface area contributed by atoms with Gasteiger partial charge in [0.15, 0.2) is 6.10 Å². The molecule has 438 valence electrons. The molecule has 0 spiro atoms. The zero-order valence-corrected chi connectivity index (χ0v) is 50.3. The number of hydrogen-bond donors (Lipinski definition) is 0. The normalized spacial score (nSPS) is 12.6. The van der Waals surface area contributed by atoms with E-state index in [-0.39, 0.29) is 31.1 Å². The largest absolute Gasteiger partial charge is 0.462 e. The Morgan fingerprint density at radius 3 is 0.816 bits per heavy atom. The van der Waals surface area contributed by atoms with Crippen LogP contribution in [0.1, 0.15) is 323 Å². The minimum absolute atomic E-state index is 0.0827. The molecule has 0 saturated carbocycles. The molecule has 0 aliphatic rings. The van der Waals surface area contributed by atoms with Crippen molar-refractivity contribution in [3.63, 3.8) is 0 Å². The van der Waals surface area contributed by atoms with Crippen LogP contribution in [0.4, 0.5) is 0 Å². The molecule has 1 unspecified atom stereocenters. The summed E-state index contributed by atoms with van der Waals surface area (Å²) in [7, 11) is 0. The fourth-order valence-electron chi connectivity index (χ4n) is 9.27. The van der Waals surface area contributed by atoms with Crippen molar-refractivity contribution >= 4 is 17.9 Å². The predicted octanol–water partition coefficient (Wildman–Crippen LogP) is 22.3. The molecule has 76 heavy (non-hydrogen) atoms. The van der Waals surface area contributed by atoms with Crippen LogP contribution in [0.2, 0.25) is 0 Å². The molecule has 0 bridgehead atoms. The van der Waals surface area contributed by atoms with E-state index >= 15 is 0 Å². The van der Waals surface area contributed by atoms with Crippen molar-refractivity contribution < 1.29 is 28.6 Å². The molecule has 0 N–H and O–H groups in total. The van der Waals surface area contributed by atoms with E-state index in [9.17, 15) is 14.4 Å². The van der Waals surface area contributed by atoms with Gasteiger partial charge in [0.2, 0.25) is 0 Å². The fraction of sp³-hybridized carbons (Fsp3) is 0.757. The van der Waals surface area contributed by atoms with Gasteiger partial charge in [0.25, 0.3) is 0 Å². The Balaban J connectivity index is 4.39. The molecule has 6 nitrogen and oxygen atoms in total. The van der Waals surface area contributed by atoms with Gasteiger partial charge in [-0.05, 0) is 96.3 Å². The zero-order chi connectivity index (χ0) is 55.0. The number of hydrogen-bond acceptors (Lipinski definition) is 6. The van der Waals surface area contributed by atoms with E-state index in [1.54, 1.807) is 0 Å². The third-order valence-corrected chi connectivity index (χ3v) is 14.1. The second kappa shape index (κ2) is 64.1. The molecule has 0 aromatic rings. The van der Waals surface area contributed by atoms with Crippen molar-refractivity contribution in [3.05, 3.63) is 85.1 Å². The number of esters is 3. The molecular formula is C70H122O6. The first-order valence-corrected chi connectivity index (χ1v) is 32.6. The molecule has 0 heterocycles. The second-order valence-electron chi connectivity index (χ2n) is 21.6. The topological polar surface area (TPSA) is 78.9 Å². The first-order chi connectivity index (χ1) is 37.5. The van der Waals surface area contributed by atoms with E-state index in [4.69, 9.17) is 14.2 Å². The van der Waals surface area contributed by atoms with E-state index in [0.717, 1.165) is 109 Å². The maximum Gasteiger partial charge on any atom is 0.306 e. The molecule has 0 amide bonds. The SMILES string of the molecule is CC/C=C\C/C=C\C/C=C\C/C=C\C/C=C\C/C=C\CCCCCCC(=O)OCC(COC(=O)CCCCCCCCCCCCCCCC)OC(=O)CCCCCCCCCCC/C=C\CCCCCCCCCC. The summed E-state index contributed by atoms with van der Waals surface area (Å²) in [5.74, 6) is -0.896. The van der Waals surface area contributed by atoms with Crippen molar-refractivity contribution in [1.82, 2.24) is 0 Å². The number of allylic oxidation sites excluding steroid dienone is 14. The average molecular weight is 1060 g/mol. The molecule has 1 atom stereocenters. The fourth-order valence-corrected chi connectivity index (χ4v) is 9.27. The minimum atomic E-state index is -0.788. The van der Waals surface area contributed by atoms with Gasteiger partial charge in [-0.25, -0.2) is 0 Å². The first-order valence-electron chi connectivity index (χ1n) is 32.6. The smallest absolute Gasteiger partial charge is 0.306 e. The van der Waals surface area contributed by atoms with Gasteiger partial charge < -0.3 is 14.2 Å². The summed E-state index contributed by atoms with van der Waals surface area (Å²) in [6.45, 7) is 6.54. The molecule has 0 rings (SSSR count). The Hall–Kier alpha value is -3.41. The van der Waals surface area contributed by atoms with Crippen molar-refractivity contribution in [2.75, 3.05) is 13.2 Å². The third-order valence-electron chi connectivity index (χ3n) is 14.1. The second-order valence-corrected chi connectivity index (χ2v) is 21.6. The maximum atomic E-state index is 12.9. The number of carbonyl (C=O) groups excluding carboxylic acids is 3. The van der Waals surface area contributed by atoms with Crippen molar-refractivity contribution in [2.24, 2.45) is 0 Å². The summed E-state index contributed by atoms with van der Waals surface area (Å²) in [6.07, 6.45) is 84.4. The monoisotopic (exact) mass is 1060 g/mol. The van der Waals surface area contributed by atoms with Crippen LogP contribution in [0.5, 0.6) is 0 Å². The molecule has 0 saturated heterocycles. The van der Waals surface area contributed by atoms with Gasteiger partial charge in [-0.15, -0.1) is 0 Å². The molecule has 0 aliphatic heterocycles. The van der Waals surface area contributed by atoms with Crippen LogP contribution in [0.3, 0.4) is 0 Å². The molecule has 0 aromatic heterocycles. The molecule has 0 radical (unpaired) electrons. The Labute approximate surface area is 471 Å². The lowest BCUT2D eigenvalue weighted by atomic mass is 10.0. The van der Waals surface area contributed by atoms with Gasteiger partial charge >= 0.3 is 17.9 Å². The molecular weight excluding hydrogens is 937 g/mol. The van der Waals surface area contributed by atoms with Crippen LogP contribution in [0.25, 0.3) is 0 Å². The van der Waals surface area contributed by atoms with Gasteiger partial charge in [-0.2, -0.15) is 0 Å². The van der Waals surface area contributed by atoms with Crippen molar-refractivity contribution in [1.29, 1.82) is 0 Å². The van der Waals surface area contributed by atoms with Crippen molar-refractivity contribution in [3.8, 4) is 0 Å². The zero-order valence-electron chi connectivity index (χ0n) is 50.3. The van der Waals surface area contributed by atoms with E-state index < -0.39 is 6.10 Å². The summed E-state index contributed by atoms with van der Waals surface area (Å²) >= 11 is 0. The third kappa shape index (κ3) is 61.4. The lowest BCUT2D eigenvalue weighted by Crippen LogP contribution is -2.30. The van der Waals surface area contributed by atoms with Crippen LogP contribution in [-0.4, -0.2) is 37.2 Å². The molecule has 0 fully saturated rings. The lowest BCUT2D eigenvalue weighted by molar-refractivity contribution is -0.167. The summed E-state index contributed by atoms with van der Waals surface area (Å²) in [5, 5.41) is 0. The Morgan fingerprint density at radius 2 is 0.513 bits per heavy atom. The number of carbonyl (C=O) groups is 3. The predicted molar refractivity (Wildman–Crippen MR) is 330 cm³/mol. The van der Waals surface area contributed by atoms with Gasteiger partial charge in [-0.1, -0.05) is 292 Å². The average Bonchev–Trinajstić information content (AvgIpc) is 3.42. The number of ether oxygens (including phenoxy) is 3. The van der Waals surface area contributed by atoms with Gasteiger partial charge in [0.05, 0.1) is 0 Å². The lowest BCUT2D eigenvalue weighted by Gasteiger charge is -2.18. The minimum Gasteiger partial charge on any atom is -0.462 e. The summed E-state index contributed by atoms with van der Waals surface area (Å²) in [5.41, 5.74) is 0. The summed E-state index contributed by atoms with van der Waals surface area (Å²) in [4.78, 5) is 38.3. The van der Waals surface area contributed by atoms with Crippen LogP contribution in [0.15, 0.2) is 85.1 Å². The Kier molecular flexibility index (Phi) is 61.2. The van der Waals surface area contributed by atoms with Gasteiger partial charge in [0.1, 0.15) is 13.2 Å². The number of rotatable bonds is 59. The maximum absolute atomic E-state index is 12.9. The highest BCUT2D eigenvalue weighted by atomic mass is 16.6. The highest BCUT2D eigenvalue weighted by Gasteiger charge is 2.19. The molecule has 0 aliphatic carbocycles. The molecule has 6 heteroatoms.